The van der Waals surface area contributed by atoms with E-state index in [0.717, 1.165) is 51.4 Å². The number of aliphatic hydroxyl groups excluding tert-OH is 2. The van der Waals surface area contributed by atoms with Gasteiger partial charge in [0, 0.05) is 12.8 Å². The summed E-state index contributed by atoms with van der Waals surface area (Å²) in [7, 11) is 0. The van der Waals surface area contributed by atoms with Gasteiger partial charge in [0.1, 0.15) is 0 Å². The number of amides is 1. The van der Waals surface area contributed by atoms with Gasteiger partial charge in [0.05, 0.1) is 25.4 Å². The number of unbranched alkanes of at least 4 members (excludes halogenated alkanes) is 56. The summed E-state index contributed by atoms with van der Waals surface area (Å²) in [5.41, 5.74) is 0. The van der Waals surface area contributed by atoms with Gasteiger partial charge in [-0.05, 0) is 89.9 Å². The van der Waals surface area contributed by atoms with Crippen LogP contribution in [0.3, 0.4) is 0 Å². The summed E-state index contributed by atoms with van der Waals surface area (Å²) in [4.78, 5) is 24.6. The Bertz CT molecular complexity index is 1440. The van der Waals surface area contributed by atoms with Gasteiger partial charge in [-0.1, -0.05) is 371 Å². The molecule has 1 amide bonds. The van der Waals surface area contributed by atoms with E-state index in [1.807, 2.05) is 6.08 Å². The molecule has 6 heteroatoms. The van der Waals surface area contributed by atoms with Crippen molar-refractivity contribution in [3.8, 4) is 0 Å². The van der Waals surface area contributed by atoms with Crippen molar-refractivity contribution >= 4 is 11.9 Å². The Balaban J connectivity index is 3.40. The van der Waals surface area contributed by atoms with Gasteiger partial charge < -0.3 is 20.3 Å². The molecule has 3 N–H and O–H groups in total. The molecule has 0 aliphatic rings. The van der Waals surface area contributed by atoms with Gasteiger partial charge in [-0.15, -0.1) is 0 Å². The first-order valence-electron chi connectivity index (χ1n) is 38.9. The van der Waals surface area contributed by atoms with E-state index in [-0.39, 0.29) is 18.5 Å². The number of aliphatic hydroxyl groups is 2. The zero-order chi connectivity index (χ0) is 62.0. The lowest BCUT2D eigenvalue weighted by Gasteiger charge is -2.20. The van der Waals surface area contributed by atoms with Gasteiger partial charge in [0.2, 0.25) is 5.91 Å². The Hall–Kier alpha value is -2.18. The number of nitrogens with one attached hydrogen (secondary N) is 1. The normalized spacial score (nSPS) is 12.7. The maximum atomic E-state index is 12.5. The van der Waals surface area contributed by atoms with Gasteiger partial charge in [-0.3, -0.25) is 9.59 Å². The molecule has 0 saturated heterocycles. The molecule has 0 aliphatic heterocycles. The van der Waals surface area contributed by atoms with Crippen LogP contribution in [0.1, 0.15) is 425 Å². The van der Waals surface area contributed by atoms with E-state index >= 15 is 0 Å². The molecule has 0 bridgehead atoms. The highest BCUT2D eigenvalue weighted by atomic mass is 16.5. The summed E-state index contributed by atoms with van der Waals surface area (Å²) in [5.74, 6) is -0.0516. The minimum atomic E-state index is -0.845. The average Bonchev–Trinajstić information content (AvgIpc) is 3.55. The fourth-order valence-corrected chi connectivity index (χ4v) is 12.1. The summed E-state index contributed by atoms with van der Waals surface area (Å²) >= 11 is 0. The lowest BCUT2D eigenvalue weighted by Crippen LogP contribution is -2.45. The van der Waals surface area contributed by atoms with E-state index in [1.165, 1.54) is 347 Å². The molecule has 0 aromatic rings. The van der Waals surface area contributed by atoms with Crippen molar-refractivity contribution in [3.63, 3.8) is 0 Å². The van der Waals surface area contributed by atoms with Gasteiger partial charge >= 0.3 is 5.97 Å². The average molecular weight is 1210 g/mol. The van der Waals surface area contributed by atoms with Crippen LogP contribution in [0.4, 0.5) is 0 Å². The fraction of sp³-hybridized carbons (Fsp3) is 0.875. The van der Waals surface area contributed by atoms with Crippen molar-refractivity contribution in [1.82, 2.24) is 5.32 Å². The van der Waals surface area contributed by atoms with Crippen molar-refractivity contribution in [2.24, 2.45) is 0 Å². The van der Waals surface area contributed by atoms with E-state index in [0.29, 0.717) is 19.4 Å². The molecule has 506 valence electrons. The fourth-order valence-electron chi connectivity index (χ4n) is 12.1. The lowest BCUT2D eigenvalue weighted by molar-refractivity contribution is -0.143. The van der Waals surface area contributed by atoms with E-state index in [2.05, 4.69) is 55.6 Å². The molecule has 0 rings (SSSR count). The number of allylic oxidation sites excluding steroid dienone is 7. The molecule has 2 atom stereocenters. The molecule has 6 nitrogen and oxygen atoms in total. The number of ether oxygens (including phenoxy) is 1. The first kappa shape index (κ1) is 83.8. The summed E-state index contributed by atoms with van der Waals surface area (Å²) in [5, 5.41) is 23.3. The van der Waals surface area contributed by atoms with Crippen LogP contribution < -0.4 is 5.32 Å². The van der Waals surface area contributed by atoms with Crippen LogP contribution in [0.25, 0.3) is 0 Å². The van der Waals surface area contributed by atoms with E-state index in [1.54, 1.807) is 6.08 Å². The second-order valence-corrected chi connectivity index (χ2v) is 26.7. The van der Waals surface area contributed by atoms with Crippen LogP contribution in [-0.4, -0.2) is 47.4 Å². The number of rotatable bonds is 73. The van der Waals surface area contributed by atoms with Crippen LogP contribution in [0.2, 0.25) is 0 Å². The highest BCUT2D eigenvalue weighted by Gasteiger charge is 2.18. The SMILES string of the molecule is CCCCCCCC/C=C\CCCCCCCCCC(=O)OCCCCCCCCCCC/C=C\C/C=C\CCCCCCCCCCCCCCCCCCCC(=O)NC(CO)C(O)/C=C/CCCCCCCCCCCCCCCCCCC. The van der Waals surface area contributed by atoms with Crippen molar-refractivity contribution in [1.29, 1.82) is 0 Å². The Labute approximate surface area is 537 Å². The lowest BCUT2D eigenvalue weighted by atomic mass is 10.0. The molecule has 2 unspecified atom stereocenters. The van der Waals surface area contributed by atoms with Crippen molar-refractivity contribution in [3.05, 3.63) is 48.6 Å². The van der Waals surface area contributed by atoms with Crippen molar-refractivity contribution in [2.75, 3.05) is 13.2 Å². The molecule has 0 heterocycles. The number of esters is 1. The molecule has 0 saturated carbocycles. The molecular weight excluding hydrogens is 1050 g/mol. The second-order valence-electron chi connectivity index (χ2n) is 26.7. The standard InChI is InChI=1S/C80H151NO5/c1-3-5-7-9-11-13-15-17-19-21-37-41-44-48-52-56-60-64-68-72-78(83)77(76-82)81-79(84)73-69-65-61-57-53-49-45-42-38-35-33-31-29-27-25-23-22-24-26-28-30-32-34-36-39-43-47-51-55-59-63-67-71-75-86-80(85)74-70-66-62-58-54-50-46-40-20-18-16-14-12-10-8-6-4-2/h18,20,26,28,32,34,68,72,77-78,82-83H,3-17,19,21-25,27,29-31,33,35-67,69-71,73-76H2,1-2H3,(H,81,84)/b20-18-,28-26-,34-32-,72-68+. The van der Waals surface area contributed by atoms with Crippen molar-refractivity contribution in [2.45, 2.75) is 437 Å². The van der Waals surface area contributed by atoms with Gasteiger partial charge in [0.15, 0.2) is 0 Å². The van der Waals surface area contributed by atoms with E-state index in [9.17, 15) is 19.8 Å². The first-order valence-corrected chi connectivity index (χ1v) is 38.9. The van der Waals surface area contributed by atoms with E-state index in [4.69, 9.17) is 4.74 Å². The predicted molar refractivity (Wildman–Crippen MR) is 379 cm³/mol. The maximum absolute atomic E-state index is 12.5. The monoisotopic (exact) mass is 1210 g/mol. The zero-order valence-electron chi connectivity index (χ0n) is 58.1. The molecular formula is C80H151NO5. The third-order valence-electron chi connectivity index (χ3n) is 18.1. The molecule has 0 aromatic heterocycles. The number of hydrogen-bond donors (Lipinski definition) is 3. The maximum Gasteiger partial charge on any atom is 0.305 e. The highest BCUT2D eigenvalue weighted by Crippen LogP contribution is 2.19. The van der Waals surface area contributed by atoms with Crippen LogP contribution in [0.5, 0.6) is 0 Å². The number of carbonyl (C=O) groups excluding carboxylic acids is 2. The minimum Gasteiger partial charge on any atom is -0.466 e. The topological polar surface area (TPSA) is 95.9 Å². The van der Waals surface area contributed by atoms with Gasteiger partial charge in [-0.2, -0.15) is 0 Å². The Kier molecular flexibility index (Phi) is 73.4. The summed E-state index contributed by atoms with van der Waals surface area (Å²) in [6.07, 6.45) is 99.4. The Morgan fingerprint density at radius 3 is 0.895 bits per heavy atom. The number of carbonyl (C=O) groups is 2. The van der Waals surface area contributed by atoms with Crippen LogP contribution in [0, 0.1) is 0 Å². The molecule has 0 spiro atoms. The van der Waals surface area contributed by atoms with Crippen molar-refractivity contribution < 1.29 is 24.5 Å². The largest absolute Gasteiger partial charge is 0.466 e. The third kappa shape index (κ3) is 70.9. The highest BCUT2D eigenvalue weighted by molar-refractivity contribution is 5.76. The smallest absolute Gasteiger partial charge is 0.305 e. The quantitative estimate of drug-likeness (QED) is 0.0320. The second kappa shape index (κ2) is 75.3. The Morgan fingerprint density at radius 1 is 0.326 bits per heavy atom. The van der Waals surface area contributed by atoms with Gasteiger partial charge in [0.25, 0.3) is 0 Å². The first-order chi connectivity index (χ1) is 42.5. The summed E-state index contributed by atoms with van der Waals surface area (Å²) < 4.78 is 5.50. The molecule has 0 aromatic carbocycles. The van der Waals surface area contributed by atoms with Crippen LogP contribution in [0.15, 0.2) is 48.6 Å². The Morgan fingerprint density at radius 2 is 0.581 bits per heavy atom. The zero-order valence-corrected chi connectivity index (χ0v) is 58.1. The summed E-state index contributed by atoms with van der Waals surface area (Å²) in [6.45, 7) is 4.93. The molecule has 0 fully saturated rings. The minimum absolute atomic E-state index is 0.0110. The predicted octanol–water partition coefficient (Wildman–Crippen LogP) is 25.6. The van der Waals surface area contributed by atoms with Crippen LogP contribution >= 0.6 is 0 Å². The number of hydrogen-bond acceptors (Lipinski definition) is 5. The third-order valence-corrected chi connectivity index (χ3v) is 18.1. The molecule has 0 radical (unpaired) electrons. The van der Waals surface area contributed by atoms with E-state index < -0.39 is 12.1 Å². The van der Waals surface area contributed by atoms with Crippen LogP contribution in [-0.2, 0) is 14.3 Å². The summed E-state index contributed by atoms with van der Waals surface area (Å²) in [6, 6.07) is -0.628. The molecule has 0 aliphatic carbocycles. The van der Waals surface area contributed by atoms with Gasteiger partial charge in [-0.25, -0.2) is 0 Å². The molecule has 86 heavy (non-hydrogen) atoms.